The van der Waals surface area contributed by atoms with Gasteiger partial charge in [-0.3, -0.25) is 0 Å². The third kappa shape index (κ3) is 6.54. The summed E-state index contributed by atoms with van der Waals surface area (Å²) in [5.74, 6) is 1.70. The Morgan fingerprint density at radius 3 is 0.857 bits per heavy atom. The fourth-order valence-corrected chi connectivity index (χ4v) is 0. The van der Waals surface area contributed by atoms with Crippen molar-refractivity contribution in [2.24, 2.45) is 11.8 Å². The Labute approximate surface area is 57.7 Å². The molecule has 0 spiro atoms. The van der Waals surface area contributed by atoms with Crippen LogP contribution >= 0.6 is 0 Å². The van der Waals surface area contributed by atoms with Crippen LogP contribution in [0.15, 0.2) is 0 Å². The van der Waals surface area contributed by atoms with Gasteiger partial charge in [-0.05, 0) is 11.8 Å². The zero-order valence-electron chi connectivity index (χ0n) is 5.15. The predicted octanol–water partition coefficient (Wildman–Crippen LogP) is 0.847. The van der Waals surface area contributed by atoms with Crippen LogP contribution in [-0.4, -0.2) is 17.6 Å². The average molecular weight is 163 g/mol. The molecule has 0 aromatic rings. The summed E-state index contributed by atoms with van der Waals surface area (Å²) in [7, 11) is 0. The molecule has 0 atom stereocenters. The molecule has 0 radical (unpaired) electrons. The Balaban J connectivity index is 0. The topological polar surface area (TPSA) is 0 Å². The summed E-state index contributed by atoms with van der Waals surface area (Å²) in [4.78, 5) is 0. The standard InChI is InChI=1S/C6H14.GeH4/c1-5(2)6(3)4;/h5-6H,1-4H3;1H4. The molecule has 7 heavy (non-hydrogen) atoms. The Hall–Kier alpha value is 0.543. The monoisotopic (exact) mass is 164 g/mol. The zero-order chi connectivity index (χ0) is 5.15. The molecule has 0 aromatic carbocycles. The van der Waals surface area contributed by atoms with Gasteiger partial charge in [0.1, 0.15) is 0 Å². The van der Waals surface area contributed by atoms with Crippen molar-refractivity contribution < 1.29 is 0 Å². The first-order valence-electron chi connectivity index (χ1n) is 2.64. The van der Waals surface area contributed by atoms with Crippen LogP contribution in [0.25, 0.3) is 0 Å². The molecule has 0 saturated heterocycles. The van der Waals surface area contributed by atoms with Crippen molar-refractivity contribution in [1.29, 1.82) is 0 Å². The van der Waals surface area contributed by atoms with Crippen LogP contribution in [0.5, 0.6) is 0 Å². The van der Waals surface area contributed by atoms with Crippen LogP contribution in [0.3, 0.4) is 0 Å². The second kappa shape index (κ2) is 4.70. The molecule has 0 rings (SSSR count). The maximum atomic E-state index is 2.24. The van der Waals surface area contributed by atoms with Crippen LogP contribution in [-0.2, 0) is 0 Å². The van der Waals surface area contributed by atoms with Crippen molar-refractivity contribution in [2.75, 3.05) is 0 Å². The van der Waals surface area contributed by atoms with E-state index in [0.717, 1.165) is 11.8 Å². The van der Waals surface area contributed by atoms with Crippen molar-refractivity contribution in [2.45, 2.75) is 27.7 Å². The first kappa shape index (κ1) is 10.5. The van der Waals surface area contributed by atoms with E-state index in [2.05, 4.69) is 27.7 Å². The maximum absolute atomic E-state index is 2.24. The molecule has 0 amide bonds. The fraction of sp³-hybridized carbons (Fsp3) is 1.00. The van der Waals surface area contributed by atoms with E-state index in [9.17, 15) is 0 Å². The fourth-order valence-electron chi connectivity index (χ4n) is 0. The summed E-state index contributed by atoms with van der Waals surface area (Å²) < 4.78 is 0. The van der Waals surface area contributed by atoms with Crippen molar-refractivity contribution in [3.63, 3.8) is 0 Å². The molecule has 0 aliphatic carbocycles. The van der Waals surface area contributed by atoms with Gasteiger partial charge in [-0.1, -0.05) is 27.7 Å². The van der Waals surface area contributed by atoms with Gasteiger partial charge in [-0.25, -0.2) is 0 Å². The summed E-state index contributed by atoms with van der Waals surface area (Å²) in [6.07, 6.45) is 0. The first-order valence-corrected chi connectivity index (χ1v) is 2.64. The van der Waals surface area contributed by atoms with Gasteiger partial charge < -0.3 is 0 Å². The van der Waals surface area contributed by atoms with Crippen molar-refractivity contribution in [3.8, 4) is 0 Å². The molecule has 46 valence electrons. The Morgan fingerprint density at radius 1 is 0.714 bits per heavy atom. The third-order valence-electron chi connectivity index (χ3n) is 1.33. The predicted molar refractivity (Wildman–Crippen MR) is 41.0 cm³/mol. The van der Waals surface area contributed by atoms with Gasteiger partial charge in [-0.2, -0.15) is 0 Å². The van der Waals surface area contributed by atoms with E-state index in [0.29, 0.717) is 0 Å². The minimum absolute atomic E-state index is 0. The van der Waals surface area contributed by atoms with E-state index >= 15 is 0 Å². The number of hydrogen-bond acceptors (Lipinski definition) is 0. The Morgan fingerprint density at radius 2 is 0.857 bits per heavy atom. The molecule has 0 fully saturated rings. The van der Waals surface area contributed by atoms with E-state index in [1.54, 1.807) is 0 Å². The molecule has 0 nitrogen and oxygen atoms in total. The van der Waals surface area contributed by atoms with E-state index in [1.165, 1.54) is 0 Å². The summed E-state index contributed by atoms with van der Waals surface area (Å²) in [6, 6.07) is 0. The molecule has 0 bridgehead atoms. The van der Waals surface area contributed by atoms with Crippen LogP contribution in [0, 0.1) is 11.8 Å². The van der Waals surface area contributed by atoms with Crippen molar-refractivity contribution in [1.82, 2.24) is 0 Å². The molecular weight excluding hydrogens is 145 g/mol. The van der Waals surface area contributed by atoms with Gasteiger partial charge in [0.25, 0.3) is 0 Å². The minimum atomic E-state index is 0. The van der Waals surface area contributed by atoms with Gasteiger partial charge in [0.15, 0.2) is 0 Å². The SMILES string of the molecule is CC(C)C(C)C.[GeH4]. The third-order valence-corrected chi connectivity index (χ3v) is 1.33. The van der Waals surface area contributed by atoms with Gasteiger partial charge in [0, 0.05) is 0 Å². The van der Waals surface area contributed by atoms with Gasteiger partial charge in [-0.15, -0.1) is 0 Å². The molecule has 0 heterocycles. The first-order chi connectivity index (χ1) is 2.64. The van der Waals surface area contributed by atoms with E-state index in [1.807, 2.05) is 0 Å². The molecule has 1 heteroatoms. The van der Waals surface area contributed by atoms with E-state index in [-0.39, 0.29) is 17.6 Å². The molecule has 0 unspecified atom stereocenters. The molecule has 0 aliphatic heterocycles. The second-order valence-corrected chi connectivity index (χ2v) is 2.49. The van der Waals surface area contributed by atoms with E-state index in [4.69, 9.17) is 0 Å². The summed E-state index contributed by atoms with van der Waals surface area (Å²) >= 11 is 0. The second-order valence-electron chi connectivity index (χ2n) is 2.49. The van der Waals surface area contributed by atoms with Crippen LogP contribution in [0.2, 0.25) is 0 Å². The van der Waals surface area contributed by atoms with Crippen LogP contribution in [0.1, 0.15) is 27.7 Å². The Kier molecular flexibility index (Phi) is 7.05. The summed E-state index contributed by atoms with van der Waals surface area (Å²) in [6.45, 7) is 8.96. The Bertz CT molecular complexity index is 25.2. The summed E-state index contributed by atoms with van der Waals surface area (Å²) in [5.41, 5.74) is 0. The number of rotatable bonds is 1. The molecule has 0 aliphatic rings. The van der Waals surface area contributed by atoms with Crippen LogP contribution in [0.4, 0.5) is 0 Å². The molecule has 0 aromatic heterocycles. The van der Waals surface area contributed by atoms with E-state index < -0.39 is 0 Å². The molecular formula is C6H18Ge. The van der Waals surface area contributed by atoms with Crippen molar-refractivity contribution in [3.05, 3.63) is 0 Å². The number of hydrogen-bond donors (Lipinski definition) is 0. The van der Waals surface area contributed by atoms with Gasteiger partial charge >= 0.3 is 17.6 Å². The van der Waals surface area contributed by atoms with Gasteiger partial charge in [0.05, 0.1) is 0 Å². The van der Waals surface area contributed by atoms with Crippen LogP contribution < -0.4 is 0 Å². The summed E-state index contributed by atoms with van der Waals surface area (Å²) in [5, 5.41) is 0. The zero-order valence-corrected chi connectivity index (χ0v) is 5.15. The molecule has 0 saturated carbocycles. The molecule has 0 N–H and O–H groups in total. The quantitative estimate of drug-likeness (QED) is 0.502. The van der Waals surface area contributed by atoms with Crippen molar-refractivity contribution >= 4 is 17.6 Å². The average Bonchev–Trinajstić information content (AvgIpc) is 1.36. The normalized spacial score (nSPS) is 9.43. The van der Waals surface area contributed by atoms with Gasteiger partial charge in [0.2, 0.25) is 0 Å².